The van der Waals surface area contributed by atoms with E-state index in [-0.39, 0.29) is 6.03 Å². The van der Waals surface area contributed by atoms with Crippen molar-refractivity contribution >= 4 is 6.03 Å². The Morgan fingerprint density at radius 1 is 1.06 bits per heavy atom. The fourth-order valence-electron chi connectivity index (χ4n) is 4.95. The van der Waals surface area contributed by atoms with Crippen LogP contribution in [0.4, 0.5) is 4.79 Å². The van der Waals surface area contributed by atoms with Crippen molar-refractivity contribution in [2.75, 3.05) is 13.1 Å². The Morgan fingerprint density at radius 2 is 1.59 bits per heavy atom. The first kappa shape index (κ1) is 11.3. The van der Waals surface area contributed by atoms with E-state index in [1.807, 2.05) is 4.90 Å². The molecule has 4 aliphatic rings. The monoisotopic (exact) mass is 237 g/mol. The van der Waals surface area contributed by atoms with Crippen molar-refractivity contribution in [3.8, 4) is 0 Å². The molecule has 0 unspecified atom stereocenters. The molecule has 0 atom stereocenters. The van der Waals surface area contributed by atoms with Crippen LogP contribution in [0.2, 0.25) is 0 Å². The molecule has 0 aromatic rings. The van der Waals surface area contributed by atoms with Gasteiger partial charge in [0, 0.05) is 19.1 Å². The smallest absolute Gasteiger partial charge is 0.315 e. The number of nitrogens with two attached hydrogens (primary N) is 2. The van der Waals surface area contributed by atoms with Crippen molar-refractivity contribution in [3.63, 3.8) is 0 Å². The molecule has 96 valence electrons. The number of hydrogen-bond donors (Lipinski definition) is 2. The van der Waals surface area contributed by atoms with Gasteiger partial charge >= 0.3 is 6.03 Å². The van der Waals surface area contributed by atoms with Crippen LogP contribution in [0.25, 0.3) is 0 Å². The van der Waals surface area contributed by atoms with Crippen molar-refractivity contribution in [2.45, 2.75) is 38.1 Å². The zero-order valence-corrected chi connectivity index (χ0v) is 10.3. The number of carbonyl (C=O) groups is 1. The zero-order chi connectivity index (χ0) is 12.0. The fourth-order valence-corrected chi connectivity index (χ4v) is 4.95. The van der Waals surface area contributed by atoms with Gasteiger partial charge < -0.3 is 16.4 Å². The van der Waals surface area contributed by atoms with Crippen LogP contribution in [-0.4, -0.2) is 30.1 Å². The Bertz CT molecular complexity index is 290. The van der Waals surface area contributed by atoms with Crippen LogP contribution in [0, 0.1) is 23.7 Å². The summed E-state index contributed by atoms with van der Waals surface area (Å²) in [7, 11) is 0. The van der Waals surface area contributed by atoms with Gasteiger partial charge in [0.05, 0.1) is 0 Å². The van der Waals surface area contributed by atoms with E-state index in [1.165, 1.54) is 32.1 Å². The average molecular weight is 237 g/mol. The second-order valence-electron chi connectivity index (χ2n) is 6.24. The first-order valence-electron chi connectivity index (χ1n) is 6.95. The zero-order valence-electron chi connectivity index (χ0n) is 10.3. The van der Waals surface area contributed by atoms with Gasteiger partial charge in [-0.1, -0.05) is 0 Å². The standard InChI is InChI=1S/C13H23N3O/c14-1-2-16(13(15)17)12-10-4-8-3-9(6-10)7-11(12)5-8/h8-12H,1-7,14H2,(H2,15,17). The lowest BCUT2D eigenvalue weighted by molar-refractivity contribution is -0.0494. The predicted octanol–water partition coefficient (Wildman–Crippen LogP) is 1.15. The molecule has 0 heterocycles. The van der Waals surface area contributed by atoms with Gasteiger partial charge in [0.25, 0.3) is 0 Å². The summed E-state index contributed by atoms with van der Waals surface area (Å²) >= 11 is 0. The number of amides is 2. The Labute approximate surface area is 103 Å². The van der Waals surface area contributed by atoms with Crippen LogP contribution in [0.1, 0.15) is 32.1 Å². The molecule has 4 N–H and O–H groups in total. The van der Waals surface area contributed by atoms with Gasteiger partial charge in [0.2, 0.25) is 0 Å². The third-order valence-electron chi connectivity index (χ3n) is 5.19. The van der Waals surface area contributed by atoms with Crippen LogP contribution in [0.5, 0.6) is 0 Å². The van der Waals surface area contributed by atoms with Crippen LogP contribution < -0.4 is 11.5 Å². The van der Waals surface area contributed by atoms with Gasteiger partial charge in [-0.05, 0) is 55.8 Å². The van der Waals surface area contributed by atoms with Gasteiger partial charge in [-0.2, -0.15) is 0 Å². The molecule has 4 rings (SSSR count). The average Bonchev–Trinajstić information content (AvgIpc) is 2.26. The molecule has 4 aliphatic carbocycles. The third kappa shape index (κ3) is 1.82. The van der Waals surface area contributed by atoms with Gasteiger partial charge in [0.1, 0.15) is 0 Å². The number of urea groups is 1. The van der Waals surface area contributed by atoms with E-state index in [1.54, 1.807) is 0 Å². The molecular formula is C13H23N3O. The number of carbonyl (C=O) groups excluding carboxylic acids is 1. The van der Waals surface area contributed by atoms with Gasteiger partial charge in [-0.15, -0.1) is 0 Å². The summed E-state index contributed by atoms with van der Waals surface area (Å²) in [5, 5.41) is 0. The summed E-state index contributed by atoms with van der Waals surface area (Å²) in [6.45, 7) is 1.15. The molecule has 0 aliphatic heterocycles. The fraction of sp³-hybridized carbons (Fsp3) is 0.923. The minimum atomic E-state index is -0.270. The SMILES string of the molecule is NCCN(C(N)=O)C1C2CC3CC(C2)CC1C3. The Balaban J connectivity index is 1.80. The highest BCUT2D eigenvalue weighted by Gasteiger charge is 2.50. The lowest BCUT2D eigenvalue weighted by Crippen LogP contribution is -2.59. The number of primary amides is 1. The molecule has 4 bridgehead atoms. The number of nitrogens with zero attached hydrogens (tertiary/aromatic N) is 1. The summed E-state index contributed by atoms with van der Waals surface area (Å²) in [4.78, 5) is 13.5. The van der Waals surface area contributed by atoms with Crippen molar-refractivity contribution in [1.29, 1.82) is 0 Å². The maximum Gasteiger partial charge on any atom is 0.315 e. The van der Waals surface area contributed by atoms with E-state index in [2.05, 4.69) is 0 Å². The highest BCUT2D eigenvalue weighted by atomic mass is 16.2. The highest BCUT2D eigenvalue weighted by molar-refractivity contribution is 5.72. The largest absolute Gasteiger partial charge is 0.351 e. The van der Waals surface area contributed by atoms with E-state index >= 15 is 0 Å². The maximum absolute atomic E-state index is 11.6. The third-order valence-corrected chi connectivity index (χ3v) is 5.19. The van der Waals surface area contributed by atoms with Crippen molar-refractivity contribution in [1.82, 2.24) is 4.90 Å². The molecule has 0 aromatic carbocycles. The van der Waals surface area contributed by atoms with Crippen LogP contribution in [0.15, 0.2) is 0 Å². The molecular weight excluding hydrogens is 214 g/mol. The molecule has 17 heavy (non-hydrogen) atoms. The number of hydrogen-bond acceptors (Lipinski definition) is 2. The summed E-state index contributed by atoms with van der Waals surface area (Å²) in [5.74, 6) is 3.26. The lowest BCUT2D eigenvalue weighted by Gasteiger charge is -2.56. The van der Waals surface area contributed by atoms with E-state index in [0.29, 0.717) is 31.0 Å². The molecule has 4 nitrogen and oxygen atoms in total. The van der Waals surface area contributed by atoms with Crippen molar-refractivity contribution in [3.05, 3.63) is 0 Å². The van der Waals surface area contributed by atoms with E-state index in [9.17, 15) is 4.79 Å². The minimum Gasteiger partial charge on any atom is -0.351 e. The second kappa shape index (κ2) is 4.16. The molecule has 0 radical (unpaired) electrons. The summed E-state index contributed by atoms with van der Waals surface area (Å²) < 4.78 is 0. The topological polar surface area (TPSA) is 72.3 Å². The molecule has 0 aromatic heterocycles. The molecule has 2 amide bonds. The summed E-state index contributed by atoms with van der Waals surface area (Å²) in [6, 6.07) is 0.122. The normalized spacial score (nSPS) is 42.8. The van der Waals surface area contributed by atoms with Crippen molar-refractivity contribution < 1.29 is 4.79 Å². The van der Waals surface area contributed by atoms with E-state index < -0.39 is 0 Å². The van der Waals surface area contributed by atoms with Crippen molar-refractivity contribution in [2.24, 2.45) is 35.1 Å². The Morgan fingerprint density at radius 3 is 2.00 bits per heavy atom. The Hall–Kier alpha value is -0.770. The van der Waals surface area contributed by atoms with E-state index in [4.69, 9.17) is 11.5 Å². The highest BCUT2D eigenvalue weighted by Crippen LogP contribution is 2.55. The van der Waals surface area contributed by atoms with Crippen LogP contribution in [-0.2, 0) is 0 Å². The lowest BCUT2D eigenvalue weighted by atomic mass is 9.54. The van der Waals surface area contributed by atoms with Gasteiger partial charge in [-0.25, -0.2) is 4.79 Å². The summed E-state index contributed by atoms with van der Waals surface area (Å²) in [6.07, 6.45) is 6.68. The molecule has 4 saturated carbocycles. The van der Waals surface area contributed by atoms with E-state index in [0.717, 1.165) is 11.8 Å². The van der Waals surface area contributed by atoms with Gasteiger partial charge in [0.15, 0.2) is 0 Å². The molecule has 0 saturated heterocycles. The first-order chi connectivity index (χ1) is 8.19. The quantitative estimate of drug-likeness (QED) is 0.773. The molecule has 0 spiro atoms. The van der Waals surface area contributed by atoms with Gasteiger partial charge in [-0.3, -0.25) is 0 Å². The summed E-state index contributed by atoms with van der Waals surface area (Å²) in [5.41, 5.74) is 11.1. The number of rotatable bonds is 3. The second-order valence-corrected chi connectivity index (χ2v) is 6.24. The van der Waals surface area contributed by atoms with Crippen LogP contribution in [0.3, 0.4) is 0 Å². The Kier molecular flexibility index (Phi) is 2.77. The van der Waals surface area contributed by atoms with Crippen LogP contribution >= 0.6 is 0 Å². The molecule has 4 heteroatoms. The maximum atomic E-state index is 11.6. The predicted molar refractivity (Wildman–Crippen MR) is 66.2 cm³/mol. The first-order valence-corrected chi connectivity index (χ1v) is 6.95. The molecule has 4 fully saturated rings. The minimum absolute atomic E-state index is 0.270.